The summed E-state index contributed by atoms with van der Waals surface area (Å²) < 4.78 is 0. The van der Waals surface area contributed by atoms with Gasteiger partial charge < -0.3 is 10.2 Å². The van der Waals surface area contributed by atoms with Crippen LogP contribution in [0, 0.1) is 0 Å². The zero-order chi connectivity index (χ0) is 21.5. The lowest BCUT2D eigenvalue weighted by Gasteiger charge is -2.27. The van der Waals surface area contributed by atoms with Crippen molar-refractivity contribution in [3.8, 4) is 0 Å². The van der Waals surface area contributed by atoms with E-state index < -0.39 is 23.8 Å². The molecule has 8 heteroatoms. The SMILES string of the molecule is O=C1CCC(N2C(=O)c3ccc(CN4CCCNc5ccccc54)cc3C2=O)C(=O)N1. The van der Waals surface area contributed by atoms with Crippen LogP contribution in [0.25, 0.3) is 0 Å². The summed E-state index contributed by atoms with van der Waals surface area (Å²) in [5.74, 6) is -1.94. The first-order chi connectivity index (χ1) is 15.0. The van der Waals surface area contributed by atoms with Crippen molar-refractivity contribution < 1.29 is 19.2 Å². The Labute approximate surface area is 179 Å². The summed E-state index contributed by atoms with van der Waals surface area (Å²) in [6.07, 6.45) is 1.25. The van der Waals surface area contributed by atoms with Crippen molar-refractivity contribution in [1.29, 1.82) is 0 Å². The Morgan fingerprint density at radius 2 is 1.77 bits per heavy atom. The Kier molecular flexibility index (Phi) is 4.69. The van der Waals surface area contributed by atoms with Crippen molar-refractivity contribution >= 4 is 35.0 Å². The number of carbonyl (C=O) groups excluding carboxylic acids is 4. The normalized spacial score (nSPS) is 20.7. The first-order valence-corrected chi connectivity index (χ1v) is 10.5. The highest BCUT2D eigenvalue weighted by atomic mass is 16.2. The van der Waals surface area contributed by atoms with Gasteiger partial charge in [0, 0.05) is 26.1 Å². The van der Waals surface area contributed by atoms with Crippen LogP contribution >= 0.6 is 0 Å². The van der Waals surface area contributed by atoms with Crippen molar-refractivity contribution in [2.75, 3.05) is 23.3 Å². The third-order valence-electron chi connectivity index (χ3n) is 6.04. The molecule has 0 saturated carbocycles. The average Bonchev–Trinajstić information content (AvgIpc) is 2.90. The van der Waals surface area contributed by atoms with E-state index in [0.717, 1.165) is 41.3 Å². The van der Waals surface area contributed by atoms with Gasteiger partial charge in [-0.1, -0.05) is 18.2 Å². The molecule has 0 spiro atoms. The lowest BCUT2D eigenvalue weighted by molar-refractivity contribution is -0.136. The molecule has 3 heterocycles. The van der Waals surface area contributed by atoms with Gasteiger partial charge in [0.25, 0.3) is 11.8 Å². The topological polar surface area (TPSA) is 98.8 Å². The van der Waals surface area contributed by atoms with E-state index in [1.54, 1.807) is 12.1 Å². The fraction of sp³-hybridized carbons (Fsp3) is 0.304. The van der Waals surface area contributed by atoms with Crippen LogP contribution in [0.2, 0.25) is 0 Å². The maximum absolute atomic E-state index is 13.0. The van der Waals surface area contributed by atoms with Gasteiger partial charge in [-0.3, -0.25) is 29.4 Å². The van der Waals surface area contributed by atoms with E-state index in [2.05, 4.69) is 27.7 Å². The zero-order valence-corrected chi connectivity index (χ0v) is 16.9. The van der Waals surface area contributed by atoms with Crippen LogP contribution in [-0.4, -0.2) is 47.7 Å². The van der Waals surface area contributed by atoms with Gasteiger partial charge in [0.2, 0.25) is 11.8 Å². The van der Waals surface area contributed by atoms with Crippen LogP contribution in [-0.2, 0) is 16.1 Å². The number of carbonyl (C=O) groups is 4. The molecule has 2 N–H and O–H groups in total. The van der Waals surface area contributed by atoms with E-state index in [4.69, 9.17) is 0 Å². The molecule has 5 rings (SSSR count). The number of benzene rings is 2. The highest BCUT2D eigenvalue weighted by Gasteiger charge is 2.44. The highest BCUT2D eigenvalue weighted by Crippen LogP contribution is 2.31. The quantitative estimate of drug-likeness (QED) is 0.739. The minimum Gasteiger partial charge on any atom is -0.383 e. The fourth-order valence-corrected chi connectivity index (χ4v) is 4.51. The molecule has 0 radical (unpaired) electrons. The monoisotopic (exact) mass is 418 g/mol. The van der Waals surface area contributed by atoms with Gasteiger partial charge in [-0.2, -0.15) is 0 Å². The minimum atomic E-state index is -0.947. The molecule has 8 nitrogen and oxygen atoms in total. The van der Waals surface area contributed by atoms with Gasteiger partial charge in [-0.05, 0) is 42.7 Å². The van der Waals surface area contributed by atoms with Crippen LogP contribution in [0.1, 0.15) is 45.5 Å². The minimum absolute atomic E-state index is 0.109. The number of amides is 4. The predicted octanol–water partition coefficient (Wildman–Crippen LogP) is 1.91. The van der Waals surface area contributed by atoms with E-state index in [9.17, 15) is 19.2 Å². The number of nitrogens with one attached hydrogen (secondary N) is 2. The Balaban J connectivity index is 1.41. The molecular weight excluding hydrogens is 396 g/mol. The molecule has 3 aliphatic heterocycles. The molecule has 0 bridgehead atoms. The molecule has 4 amide bonds. The van der Waals surface area contributed by atoms with Gasteiger partial charge in [0.05, 0.1) is 22.5 Å². The summed E-state index contributed by atoms with van der Waals surface area (Å²) in [5.41, 5.74) is 3.72. The number of hydrogen-bond acceptors (Lipinski definition) is 6. The van der Waals surface area contributed by atoms with Crippen molar-refractivity contribution in [3.05, 3.63) is 59.2 Å². The molecule has 158 valence electrons. The van der Waals surface area contributed by atoms with Gasteiger partial charge in [0.15, 0.2) is 0 Å². The number of anilines is 2. The summed E-state index contributed by atoms with van der Waals surface area (Å²) in [6.45, 7) is 2.37. The summed E-state index contributed by atoms with van der Waals surface area (Å²) in [5, 5.41) is 5.65. The zero-order valence-electron chi connectivity index (χ0n) is 16.9. The molecule has 1 saturated heterocycles. The molecule has 2 aromatic rings. The molecule has 3 aliphatic rings. The molecule has 2 aromatic carbocycles. The van der Waals surface area contributed by atoms with Crippen LogP contribution in [0.5, 0.6) is 0 Å². The van der Waals surface area contributed by atoms with Gasteiger partial charge in [-0.15, -0.1) is 0 Å². The second kappa shape index (κ2) is 7.54. The van der Waals surface area contributed by atoms with Gasteiger partial charge >= 0.3 is 0 Å². The second-order valence-corrected chi connectivity index (χ2v) is 8.05. The van der Waals surface area contributed by atoms with E-state index in [1.807, 2.05) is 18.2 Å². The number of nitrogens with zero attached hydrogens (tertiary/aromatic N) is 2. The first-order valence-electron chi connectivity index (χ1n) is 10.5. The molecular formula is C23H22N4O4. The predicted molar refractivity (Wildman–Crippen MR) is 114 cm³/mol. The van der Waals surface area contributed by atoms with Crippen LogP contribution in [0.15, 0.2) is 42.5 Å². The maximum atomic E-state index is 13.0. The van der Waals surface area contributed by atoms with Crippen LogP contribution in [0.3, 0.4) is 0 Å². The standard InChI is InChI=1S/C23H22N4O4/c28-20-9-8-19(21(29)25-20)27-22(30)15-7-6-14(12-16(15)23(27)31)13-26-11-3-10-24-17-4-1-2-5-18(17)26/h1-2,4-7,12,19,24H,3,8-11,13H2,(H,25,28,29). The molecule has 31 heavy (non-hydrogen) atoms. The van der Waals surface area contributed by atoms with Crippen LogP contribution < -0.4 is 15.5 Å². The summed E-state index contributed by atoms with van der Waals surface area (Å²) in [7, 11) is 0. The maximum Gasteiger partial charge on any atom is 0.262 e. The number of piperidine rings is 1. The van der Waals surface area contributed by atoms with Crippen molar-refractivity contribution in [2.24, 2.45) is 0 Å². The first kappa shape index (κ1) is 19.3. The number of imide groups is 2. The smallest absolute Gasteiger partial charge is 0.262 e. The summed E-state index contributed by atoms with van der Waals surface area (Å²) in [4.78, 5) is 52.8. The van der Waals surface area contributed by atoms with Gasteiger partial charge in [0.1, 0.15) is 6.04 Å². The third-order valence-corrected chi connectivity index (χ3v) is 6.04. The van der Waals surface area contributed by atoms with Gasteiger partial charge in [-0.25, -0.2) is 0 Å². The lowest BCUT2D eigenvalue weighted by Crippen LogP contribution is -2.54. The largest absolute Gasteiger partial charge is 0.383 e. The van der Waals surface area contributed by atoms with E-state index >= 15 is 0 Å². The molecule has 0 aliphatic carbocycles. The molecule has 0 aromatic heterocycles. The fourth-order valence-electron chi connectivity index (χ4n) is 4.51. The molecule has 1 atom stereocenters. The number of rotatable bonds is 3. The van der Waals surface area contributed by atoms with Crippen LogP contribution in [0.4, 0.5) is 11.4 Å². The van der Waals surface area contributed by atoms with E-state index in [0.29, 0.717) is 17.7 Å². The Hall–Kier alpha value is -3.68. The Morgan fingerprint density at radius 3 is 2.61 bits per heavy atom. The molecule has 1 fully saturated rings. The lowest BCUT2D eigenvalue weighted by atomic mass is 10.0. The van der Waals surface area contributed by atoms with E-state index in [1.165, 1.54) is 0 Å². The Bertz CT molecular complexity index is 1110. The number of fused-ring (bicyclic) bond motifs is 2. The number of para-hydroxylation sites is 2. The highest BCUT2D eigenvalue weighted by molar-refractivity contribution is 6.23. The molecule has 1 unspecified atom stereocenters. The van der Waals surface area contributed by atoms with E-state index in [-0.39, 0.29) is 18.7 Å². The summed E-state index contributed by atoms with van der Waals surface area (Å²) in [6, 6.07) is 12.5. The van der Waals surface area contributed by atoms with Crippen molar-refractivity contribution in [2.45, 2.75) is 31.8 Å². The van der Waals surface area contributed by atoms with Crippen molar-refractivity contribution in [3.63, 3.8) is 0 Å². The third kappa shape index (κ3) is 3.34. The Morgan fingerprint density at radius 1 is 0.968 bits per heavy atom. The second-order valence-electron chi connectivity index (χ2n) is 8.05. The van der Waals surface area contributed by atoms with Crippen molar-refractivity contribution in [1.82, 2.24) is 10.2 Å². The summed E-state index contributed by atoms with van der Waals surface area (Å²) >= 11 is 0. The number of hydrogen-bond donors (Lipinski definition) is 2. The average molecular weight is 418 g/mol.